The van der Waals surface area contributed by atoms with Crippen molar-refractivity contribution < 1.29 is 26.8 Å². The van der Waals surface area contributed by atoms with Crippen LogP contribution in [0.25, 0.3) is 45.5 Å². The molecule has 0 atom stereocenters. The van der Waals surface area contributed by atoms with E-state index in [9.17, 15) is 18.0 Å². The number of anilines is 1. The fraction of sp³-hybridized carbons (Fsp3) is 0.138. The number of alkyl halides is 3. The number of nitrogens with zero attached hydrogens (tertiary/aromatic N) is 8. The molecule has 46 heavy (non-hydrogen) atoms. The molecule has 0 aliphatic rings. The van der Waals surface area contributed by atoms with Crippen molar-refractivity contribution in [2.75, 3.05) is 11.9 Å². The summed E-state index contributed by atoms with van der Waals surface area (Å²) < 4.78 is 52.4. The molecule has 7 rings (SSSR count). The minimum Gasteiger partial charge on any atom is -0.421 e. The van der Waals surface area contributed by atoms with E-state index in [4.69, 9.17) is 8.83 Å². The lowest BCUT2D eigenvalue weighted by Crippen LogP contribution is -2.36. The van der Waals surface area contributed by atoms with Crippen molar-refractivity contribution in [1.29, 1.82) is 0 Å². The summed E-state index contributed by atoms with van der Waals surface area (Å²) in [4.78, 5) is 20.3. The zero-order chi connectivity index (χ0) is 32.4. The van der Waals surface area contributed by atoms with Gasteiger partial charge in [0.25, 0.3) is 0 Å². The van der Waals surface area contributed by atoms with Gasteiger partial charge in [0, 0.05) is 48.6 Å². The second kappa shape index (κ2) is 12.6. The van der Waals surface area contributed by atoms with E-state index in [0.717, 1.165) is 31.7 Å². The summed E-state index contributed by atoms with van der Waals surface area (Å²) in [6.07, 6.45) is 2.73. The first-order valence-electron chi connectivity index (χ1n) is 13.4. The van der Waals surface area contributed by atoms with Crippen molar-refractivity contribution in [2.45, 2.75) is 20.0 Å². The summed E-state index contributed by atoms with van der Waals surface area (Å²) in [6.45, 7) is 2.06. The number of pyridine rings is 2. The summed E-state index contributed by atoms with van der Waals surface area (Å²) in [5.41, 5.74) is 4.92. The van der Waals surface area contributed by atoms with Gasteiger partial charge in [-0.2, -0.15) is 13.2 Å². The standard InChI is InChI=1S/C19H15F3N6O2.C10H7IN4O/c1-11-26-27-17(30-11)13-5-6-28-15(9-23-16(28)8-13)12-3-2-4-14(7-12)25-18(29)24-10-19(20,21)22;1-6-13-14-10(16-6)7-2-3-15-8(11)5-12-9(15)4-7/h2-9H,10H2,1H3,(H2,24,25,29);2-5H,1H3. The minimum atomic E-state index is -4.48. The summed E-state index contributed by atoms with van der Waals surface area (Å²) in [5, 5.41) is 19.7. The Morgan fingerprint density at radius 1 is 0.826 bits per heavy atom. The van der Waals surface area contributed by atoms with Gasteiger partial charge in [0.1, 0.15) is 21.5 Å². The Kier molecular flexibility index (Phi) is 8.39. The Hall–Kier alpha value is -5.33. The minimum absolute atomic E-state index is 0.347. The number of hydrogen-bond acceptors (Lipinski definition) is 9. The second-order valence-electron chi connectivity index (χ2n) is 9.77. The summed E-state index contributed by atoms with van der Waals surface area (Å²) >= 11 is 2.23. The van der Waals surface area contributed by atoms with Gasteiger partial charge in [-0.05, 0) is 59.0 Å². The molecule has 7 aromatic rings. The van der Waals surface area contributed by atoms with E-state index >= 15 is 0 Å². The Labute approximate surface area is 271 Å². The van der Waals surface area contributed by atoms with Crippen LogP contribution >= 0.6 is 22.6 Å². The first-order chi connectivity index (χ1) is 22.0. The fourth-order valence-electron chi connectivity index (χ4n) is 4.35. The quantitative estimate of drug-likeness (QED) is 0.192. The van der Waals surface area contributed by atoms with Crippen molar-refractivity contribution in [3.05, 3.63) is 88.8 Å². The Balaban J connectivity index is 0.000000194. The van der Waals surface area contributed by atoms with Crippen LogP contribution in [0.1, 0.15) is 11.8 Å². The molecule has 234 valence electrons. The third-order valence-electron chi connectivity index (χ3n) is 6.39. The molecular weight excluding hydrogens is 720 g/mol. The van der Waals surface area contributed by atoms with Crippen molar-refractivity contribution >= 4 is 45.6 Å². The molecule has 0 saturated heterocycles. The lowest BCUT2D eigenvalue weighted by molar-refractivity contribution is -0.122. The zero-order valence-electron chi connectivity index (χ0n) is 23.9. The molecule has 0 aliphatic heterocycles. The number of hydrogen-bond donors (Lipinski definition) is 2. The number of rotatable bonds is 5. The molecule has 2 amide bonds. The van der Waals surface area contributed by atoms with Gasteiger partial charge in [0.15, 0.2) is 0 Å². The number of aromatic nitrogens is 8. The molecule has 1 aromatic carbocycles. The van der Waals surface area contributed by atoms with E-state index in [2.05, 4.69) is 58.3 Å². The number of carbonyl (C=O) groups excluding carboxylic acids is 1. The number of imidazole rings is 2. The van der Waals surface area contributed by atoms with Gasteiger partial charge in [-0.3, -0.25) is 8.80 Å². The van der Waals surface area contributed by atoms with Crippen LogP contribution in [0.2, 0.25) is 0 Å². The Morgan fingerprint density at radius 2 is 1.43 bits per heavy atom. The largest absolute Gasteiger partial charge is 0.421 e. The number of benzene rings is 1. The summed E-state index contributed by atoms with van der Waals surface area (Å²) in [6, 6.07) is 13.2. The molecule has 2 N–H and O–H groups in total. The number of aryl methyl sites for hydroxylation is 2. The van der Waals surface area contributed by atoms with Gasteiger partial charge in [0.2, 0.25) is 23.6 Å². The molecular formula is C29H22F3IN10O3. The van der Waals surface area contributed by atoms with E-state index < -0.39 is 18.8 Å². The molecule has 0 radical (unpaired) electrons. The highest BCUT2D eigenvalue weighted by molar-refractivity contribution is 14.1. The Bertz CT molecular complexity index is 2170. The Morgan fingerprint density at radius 3 is 2.04 bits per heavy atom. The first kappa shape index (κ1) is 30.7. The van der Waals surface area contributed by atoms with E-state index in [1.165, 1.54) is 0 Å². The zero-order valence-corrected chi connectivity index (χ0v) is 26.1. The molecule has 6 aromatic heterocycles. The SMILES string of the molecule is Cc1nnc(-c2ccn3c(-c4cccc(NC(=O)NCC(F)(F)F)c4)cnc3c2)o1.Cc1nnc(-c2ccn3c(I)cnc3c2)o1. The number of carbonyl (C=O) groups is 1. The number of fused-ring (bicyclic) bond motifs is 2. The van der Waals surface area contributed by atoms with E-state index in [0.29, 0.717) is 34.9 Å². The maximum atomic E-state index is 12.2. The van der Waals surface area contributed by atoms with Crippen LogP contribution in [0, 0.1) is 17.5 Å². The van der Waals surface area contributed by atoms with E-state index in [-0.39, 0.29) is 0 Å². The number of amides is 2. The topological polar surface area (TPSA) is 154 Å². The van der Waals surface area contributed by atoms with Crippen LogP contribution in [0.5, 0.6) is 0 Å². The van der Waals surface area contributed by atoms with Crippen LogP contribution in [-0.2, 0) is 0 Å². The highest BCUT2D eigenvalue weighted by Gasteiger charge is 2.27. The summed E-state index contributed by atoms with van der Waals surface area (Å²) in [5.74, 6) is 1.93. The van der Waals surface area contributed by atoms with Crippen LogP contribution < -0.4 is 10.6 Å². The first-order valence-corrected chi connectivity index (χ1v) is 14.5. The van der Waals surface area contributed by atoms with Crippen molar-refractivity contribution in [2.24, 2.45) is 0 Å². The van der Waals surface area contributed by atoms with Crippen LogP contribution in [0.3, 0.4) is 0 Å². The molecule has 0 bridgehead atoms. The average molecular weight is 742 g/mol. The lowest BCUT2D eigenvalue weighted by Gasteiger charge is -2.10. The maximum absolute atomic E-state index is 12.2. The van der Waals surface area contributed by atoms with Gasteiger partial charge < -0.3 is 19.5 Å². The normalized spacial score (nSPS) is 11.4. The highest BCUT2D eigenvalue weighted by Crippen LogP contribution is 2.27. The molecule has 17 heteroatoms. The number of halogens is 4. The van der Waals surface area contributed by atoms with Gasteiger partial charge in [-0.1, -0.05) is 12.1 Å². The van der Waals surface area contributed by atoms with Gasteiger partial charge in [-0.15, -0.1) is 20.4 Å². The molecule has 0 aliphatic carbocycles. The smallest absolute Gasteiger partial charge is 0.405 e. The fourth-order valence-corrected chi connectivity index (χ4v) is 4.90. The molecule has 0 unspecified atom stereocenters. The van der Waals surface area contributed by atoms with E-state index in [1.807, 2.05) is 33.3 Å². The van der Waals surface area contributed by atoms with Crippen LogP contribution in [0.15, 0.2) is 82.2 Å². The van der Waals surface area contributed by atoms with Crippen molar-refractivity contribution in [1.82, 2.24) is 44.5 Å². The van der Waals surface area contributed by atoms with E-state index in [1.54, 1.807) is 68.0 Å². The number of urea groups is 1. The third-order valence-corrected chi connectivity index (χ3v) is 7.19. The van der Waals surface area contributed by atoms with Crippen LogP contribution in [0.4, 0.5) is 23.7 Å². The highest BCUT2D eigenvalue weighted by atomic mass is 127. The second-order valence-corrected chi connectivity index (χ2v) is 10.9. The predicted octanol–water partition coefficient (Wildman–Crippen LogP) is 6.34. The molecule has 13 nitrogen and oxygen atoms in total. The van der Waals surface area contributed by atoms with Crippen molar-refractivity contribution in [3.63, 3.8) is 0 Å². The lowest BCUT2D eigenvalue weighted by atomic mass is 10.1. The predicted molar refractivity (Wildman–Crippen MR) is 168 cm³/mol. The molecule has 0 spiro atoms. The van der Waals surface area contributed by atoms with Gasteiger partial charge in [-0.25, -0.2) is 14.8 Å². The monoisotopic (exact) mass is 742 g/mol. The molecule has 6 heterocycles. The molecule has 0 saturated carbocycles. The third kappa shape index (κ3) is 6.98. The average Bonchev–Trinajstić information content (AvgIpc) is 3.83. The summed E-state index contributed by atoms with van der Waals surface area (Å²) in [7, 11) is 0. The van der Waals surface area contributed by atoms with Gasteiger partial charge in [0.05, 0.1) is 18.1 Å². The van der Waals surface area contributed by atoms with Crippen molar-refractivity contribution in [3.8, 4) is 34.2 Å². The molecule has 0 fully saturated rings. The van der Waals surface area contributed by atoms with Gasteiger partial charge >= 0.3 is 12.2 Å². The number of nitrogens with one attached hydrogen (secondary N) is 2. The van der Waals surface area contributed by atoms with Crippen LogP contribution in [-0.4, -0.2) is 57.9 Å². The maximum Gasteiger partial charge on any atom is 0.405 e.